The van der Waals surface area contributed by atoms with Gasteiger partial charge in [-0.2, -0.15) is 0 Å². The first-order valence-electron chi connectivity index (χ1n) is 7.00. The molecule has 1 heterocycles. The summed E-state index contributed by atoms with van der Waals surface area (Å²) < 4.78 is 25.4. The van der Waals surface area contributed by atoms with Gasteiger partial charge in [-0.15, -0.1) is 11.3 Å². The van der Waals surface area contributed by atoms with Gasteiger partial charge in [0.15, 0.2) is 0 Å². The maximum Gasteiger partial charge on any atom is 0.215 e. The largest absolute Gasteiger partial charge is 0.288 e. The number of ketones is 1. The van der Waals surface area contributed by atoms with Gasteiger partial charge in [-0.05, 0) is 31.2 Å². The summed E-state index contributed by atoms with van der Waals surface area (Å²) in [6.07, 6.45) is 0. The minimum Gasteiger partial charge on any atom is -0.288 e. The number of carbonyl (C=O) groups is 1. The molecule has 0 bridgehead atoms. The van der Waals surface area contributed by atoms with Crippen LogP contribution in [0.15, 0.2) is 75.8 Å². The highest BCUT2D eigenvalue weighted by Crippen LogP contribution is 2.29. The minimum atomic E-state index is -3.58. The number of aryl methyl sites for hydroxylation is 1. The maximum atomic E-state index is 12.6. The van der Waals surface area contributed by atoms with E-state index < -0.39 is 9.84 Å². The fraction of sp³-hybridized carbons (Fsp3) is 0.0556. The van der Waals surface area contributed by atoms with Crippen LogP contribution in [-0.2, 0) is 9.84 Å². The fourth-order valence-corrected chi connectivity index (χ4v) is 4.82. The zero-order valence-corrected chi connectivity index (χ0v) is 14.0. The first kappa shape index (κ1) is 15.6. The van der Waals surface area contributed by atoms with E-state index in [1.54, 1.807) is 54.6 Å². The molecule has 3 aromatic rings. The number of thiophene rings is 1. The van der Waals surface area contributed by atoms with E-state index in [4.69, 9.17) is 0 Å². The molecule has 0 unspecified atom stereocenters. The van der Waals surface area contributed by atoms with Crippen molar-refractivity contribution >= 4 is 27.0 Å². The molecule has 2 aromatic carbocycles. The van der Waals surface area contributed by atoms with E-state index in [2.05, 4.69) is 0 Å². The van der Waals surface area contributed by atoms with Crippen molar-refractivity contribution in [2.24, 2.45) is 0 Å². The summed E-state index contributed by atoms with van der Waals surface area (Å²) in [6, 6.07) is 18.6. The summed E-state index contributed by atoms with van der Waals surface area (Å²) in [5.74, 6) is -0.166. The van der Waals surface area contributed by atoms with Crippen LogP contribution in [0.3, 0.4) is 0 Å². The van der Waals surface area contributed by atoms with Crippen LogP contribution in [0, 0.1) is 6.92 Å². The summed E-state index contributed by atoms with van der Waals surface area (Å²) in [5.41, 5.74) is 1.55. The van der Waals surface area contributed by atoms with Crippen LogP contribution in [0.25, 0.3) is 0 Å². The Hall–Kier alpha value is -2.24. The van der Waals surface area contributed by atoms with Crippen molar-refractivity contribution in [1.29, 1.82) is 0 Å². The second kappa shape index (κ2) is 6.10. The van der Waals surface area contributed by atoms with Crippen molar-refractivity contribution in [3.63, 3.8) is 0 Å². The Morgan fingerprint density at radius 1 is 0.870 bits per heavy atom. The lowest BCUT2D eigenvalue weighted by Crippen LogP contribution is -2.00. The first-order chi connectivity index (χ1) is 11.0. The molecule has 0 saturated heterocycles. The lowest BCUT2D eigenvalue weighted by Gasteiger charge is -2.02. The topological polar surface area (TPSA) is 51.2 Å². The molecule has 1 aromatic heterocycles. The monoisotopic (exact) mass is 342 g/mol. The third-order valence-electron chi connectivity index (χ3n) is 3.44. The predicted octanol–water partition coefficient (Wildman–Crippen LogP) is 4.12. The molecule has 0 aliphatic carbocycles. The molecule has 116 valence electrons. The smallest absolute Gasteiger partial charge is 0.215 e. The summed E-state index contributed by atoms with van der Waals surface area (Å²) >= 11 is 1.00. The molecule has 0 saturated carbocycles. The Kier molecular flexibility index (Phi) is 4.15. The molecule has 23 heavy (non-hydrogen) atoms. The second-order valence-corrected chi connectivity index (χ2v) is 8.39. The zero-order chi connectivity index (χ0) is 16.4. The predicted molar refractivity (Wildman–Crippen MR) is 90.8 cm³/mol. The van der Waals surface area contributed by atoms with Crippen LogP contribution in [0.1, 0.15) is 20.8 Å². The van der Waals surface area contributed by atoms with E-state index in [0.29, 0.717) is 10.4 Å². The number of hydrogen-bond donors (Lipinski definition) is 0. The van der Waals surface area contributed by atoms with Crippen LogP contribution in [0.4, 0.5) is 0 Å². The van der Waals surface area contributed by atoms with Gasteiger partial charge in [-0.3, -0.25) is 4.79 Å². The van der Waals surface area contributed by atoms with Gasteiger partial charge in [-0.1, -0.05) is 48.0 Å². The van der Waals surface area contributed by atoms with E-state index >= 15 is 0 Å². The van der Waals surface area contributed by atoms with Crippen LogP contribution in [0.5, 0.6) is 0 Å². The number of hydrogen-bond acceptors (Lipinski definition) is 4. The summed E-state index contributed by atoms with van der Waals surface area (Å²) in [5, 5.41) is 0. The highest BCUT2D eigenvalue weighted by Gasteiger charge is 2.22. The third kappa shape index (κ3) is 3.11. The molecular formula is C18H14O3S2. The molecule has 0 N–H and O–H groups in total. The third-order valence-corrected chi connectivity index (χ3v) is 6.78. The molecule has 3 nitrogen and oxygen atoms in total. The Balaban J connectivity index is 1.95. The summed E-state index contributed by atoms with van der Waals surface area (Å²) in [7, 11) is -3.58. The van der Waals surface area contributed by atoms with Gasteiger partial charge in [0.25, 0.3) is 0 Å². The van der Waals surface area contributed by atoms with E-state index in [1.165, 1.54) is 6.07 Å². The average molecular weight is 342 g/mol. The number of carbonyl (C=O) groups excluding carboxylic acids is 1. The normalized spacial score (nSPS) is 11.3. The van der Waals surface area contributed by atoms with Gasteiger partial charge in [0.2, 0.25) is 15.6 Å². The molecule has 0 amide bonds. The van der Waals surface area contributed by atoms with Gasteiger partial charge in [-0.25, -0.2) is 8.42 Å². The van der Waals surface area contributed by atoms with Crippen molar-refractivity contribution < 1.29 is 13.2 Å². The van der Waals surface area contributed by atoms with Crippen molar-refractivity contribution in [3.8, 4) is 0 Å². The van der Waals surface area contributed by atoms with E-state index in [1.807, 2.05) is 13.0 Å². The van der Waals surface area contributed by atoms with Crippen LogP contribution in [-0.4, -0.2) is 14.2 Å². The molecule has 0 atom stereocenters. The van der Waals surface area contributed by atoms with Gasteiger partial charge in [0, 0.05) is 5.56 Å². The summed E-state index contributed by atoms with van der Waals surface area (Å²) in [4.78, 5) is 13.0. The number of benzene rings is 2. The molecule has 0 aliphatic heterocycles. The lowest BCUT2D eigenvalue weighted by atomic mass is 10.1. The highest BCUT2D eigenvalue weighted by molar-refractivity contribution is 7.93. The quantitative estimate of drug-likeness (QED) is 0.670. The second-order valence-electron chi connectivity index (χ2n) is 5.13. The van der Waals surface area contributed by atoms with Crippen molar-refractivity contribution in [2.45, 2.75) is 16.0 Å². The maximum absolute atomic E-state index is 12.6. The van der Waals surface area contributed by atoms with Gasteiger partial charge < -0.3 is 0 Å². The highest BCUT2D eigenvalue weighted by atomic mass is 32.2. The molecule has 3 rings (SSSR count). The molecule has 0 spiro atoms. The molecule has 5 heteroatoms. The standard InChI is InChI=1S/C18H14O3S2/c1-13-7-9-15(10-8-13)23(20,21)17-12-11-16(22-17)18(19)14-5-3-2-4-6-14/h2-12H,1H3. The molecular weight excluding hydrogens is 328 g/mol. The van der Waals surface area contributed by atoms with Gasteiger partial charge in [0.1, 0.15) is 4.21 Å². The first-order valence-corrected chi connectivity index (χ1v) is 9.30. The van der Waals surface area contributed by atoms with Crippen molar-refractivity contribution in [1.82, 2.24) is 0 Å². The van der Waals surface area contributed by atoms with Crippen LogP contribution >= 0.6 is 11.3 Å². The Bertz CT molecular complexity index is 937. The number of sulfone groups is 1. The van der Waals surface area contributed by atoms with E-state index in [9.17, 15) is 13.2 Å². The van der Waals surface area contributed by atoms with Crippen LogP contribution in [0.2, 0.25) is 0 Å². The molecule has 0 fully saturated rings. The number of rotatable bonds is 4. The zero-order valence-electron chi connectivity index (χ0n) is 12.4. The van der Waals surface area contributed by atoms with Crippen molar-refractivity contribution in [3.05, 3.63) is 82.7 Å². The van der Waals surface area contributed by atoms with Gasteiger partial charge >= 0.3 is 0 Å². The molecule has 0 radical (unpaired) electrons. The minimum absolute atomic E-state index is 0.166. The lowest BCUT2D eigenvalue weighted by molar-refractivity contribution is 0.104. The molecule has 0 aliphatic rings. The Morgan fingerprint density at radius 3 is 2.17 bits per heavy atom. The Morgan fingerprint density at radius 2 is 1.52 bits per heavy atom. The SMILES string of the molecule is Cc1ccc(S(=O)(=O)c2ccc(C(=O)c3ccccc3)s2)cc1. The average Bonchev–Trinajstić information content (AvgIpc) is 3.06. The van der Waals surface area contributed by atoms with Gasteiger partial charge in [0.05, 0.1) is 9.77 Å². The fourth-order valence-electron chi connectivity index (χ4n) is 2.15. The van der Waals surface area contributed by atoms with Crippen molar-refractivity contribution in [2.75, 3.05) is 0 Å². The summed E-state index contributed by atoms with van der Waals surface area (Å²) in [6.45, 7) is 1.90. The van der Waals surface area contributed by atoms with E-state index in [0.717, 1.165) is 16.9 Å². The van der Waals surface area contributed by atoms with E-state index in [-0.39, 0.29) is 14.9 Å². The van der Waals surface area contributed by atoms with Crippen LogP contribution < -0.4 is 0 Å². The Labute approximate surface area is 139 Å².